The average molecular weight is 236 g/mol. The van der Waals surface area contributed by atoms with Gasteiger partial charge in [0.25, 0.3) is 0 Å². The number of benzene rings is 2. The Morgan fingerprint density at radius 1 is 1.17 bits per heavy atom. The lowest BCUT2D eigenvalue weighted by Gasteiger charge is -2.06. The number of ether oxygens (including phenoxy) is 1. The number of nitriles is 1. The highest BCUT2D eigenvalue weighted by Gasteiger charge is 2.03. The highest BCUT2D eigenvalue weighted by atomic mass is 16.5. The molecule has 4 heteroatoms. The number of phenols is 1. The van der Waals surface area contributed by atoms with Crippen molar-refractivity contribution < 1.29 is 9.84 Å². The first-order valence-corrected chi connectivity index (χ1v) is 5.11. The smallest absolute Gasteiger partial charge is 0.192 e. The third kappa shape index (κ3) is 2.58. The van der Waals surface area contributed by atoms with Gasteiger partial charge in [0.15, 0.2) is 5.69 Å². The Bertz CT molecular complexity index is 634. The van der Waals surface area contributed by atoms with Gasteiger partial charge >= 0.3 is 0 Å². The van der Waals surface area contributed by atoms with Crippen molar-refractivity contribution in [2.75, 3.05) is 0 Å². The fraction of sp³-hybridized carbons (Fsp3) is 0. The van der Waals surface area contributed by atoms with Gasteiger partial charge < -0.3 is 9.84 Å². The molecule has 0 aromatic heterocycles. The summed E-state index contributed by atoms with van der Waals surface area (Å²) in [7, 11) is 0. The SMILES string of the molecule is [C-]#[N+]c1cc(C#N)cc(Oc2cccc(O)c2)c1. The quantitative estimate of drug-likeness (QED) is 0.810. The Labute approximate surface area is 104 Å². The molecule has 1 N–H and O–H groups in total. The number of hydrogen-bond acceptors (Lipinski definition) is 3. The van der Waals surface area contributed by atoms with Gasteiger partial charge in [-0.3, -0.25) is 0 Å². The second-order valence-corrected chi connectivity index (χ2v) is 3.54. The lowest BCUT2D eigenvalue weighted by molar-refractivity contribution is 0.455. The molecule has 2 aromatic carbocycles. The summed E-state index contributed by atoms with van der Waals surface area (Å²) in [6.07, 6.45) is 0. The topological polar surface area (TPSA) is 57.6 Å². The molecule has 0 unspecified atom stereocenters. The van der Waals surface area contributed by atoms with Crippen LogP contribution in [0.4, 0.5) is 5.69 Å². The van der Waals surface area contributed by atoms with Crippen molar-refractivity contribution in [3.63, 3.8) is 0 Å². The summed E-state index contributed by atoms with van der Waals surface area (Å²) < 4.78 is 5.49. The normalized spacial score (nSPS) is 9.22. The van der Waals surface area contributed by atoms with E-state index in [1.165, 1.54) is 24.3 Å². The van der Waals surface area contributed by atoms with Crippen molar-refractivity contribution in [3.05, 3.63) is 59.4 Å². The van der Waals surface area contributed by atoms with Crippen molar-refractivity contribution >= 4 is 5.69 Å². The maximum Gasteiger partial charge on any atom is 0.192 e. The molecule has 0 spiro atoms. The molecule has 0 radical (unpaired) electrons. The monoisotopic (exact) mass is 236 g/mol. The minimum Gasteiger partial charge on any atom is -0.508 e. The van der Waals surface area contributed by atoms with Gasteiger partial charge in [0.05, 0.1) is 12.6 Å². The molecule has 4 nitrogen and oxygen atoms in total. The molecule has 0 heterocycles. The van der Waals surface area contributed by atoms with Crippen LogP contribution in [0.3, 0.4) is 0 Å². The van der Waals surface area contributed by atoms with Crippen LogP contribution in [-0.2, 0) is 0 Å². The zero-order chi connectivity index (χ0) is 13.0. The zero-order valence-electron chi connectivity index (χ0n) is 9.29. The maximum absolute atomic E-state index is 9.31. The number of phenolic OH excluding ortho intramolecular Hbond substituents is 1. The van der Waals surface area contributed by atoms with E-state index >= 15 is 0 Å². The molecule has 0 bridgehead atoms. The van der Waals surface area contributed by atoms with Gasteiger partial charge in [0, 0.05) is 11.6 Å². The van der Waals surface area contributed by atoms with Gasteiger partial charge in [-0.1, -0.05) is 6.07 Å². The summed E-state index contributed by atoms with van der Waals surface area (Å²) in [5, 5.41) is 18.2. The van der Waals surface area contributed by atoms with E-state index in [2.05, 4.69) is 4.85 Å². The van der Waals surface area contributed by atoms with Crippen LogP contribution in [0.2, 0.25) is 0 Å². The predicted molar refractivity (Wildman–Crippen MR) is 65.6 cm³/mol. The Kier molecular flexibility index (Phi) is 3.13. The van der Waals surface area contributed by atoms with E-state index in [1.54, 1.807) is 18.2 Å². The van der Waals surface area contributed by atoms with E-state index in [0.29, 0.717) is 22.7 Å². The first kappa shape index (κ1) is 11.5. The molecule has 0 aliphatic heterocycles. The molecule has 0 aliphatic carbocycles. The molecule has 18 heavy (non-hydrogen) atoms. The third-order valence-corrected chi connectivity index (χ3v) is 2.20. The van der Waals surface area contributed by atoms with Crippen LogP contribution in [0, 0.1) is 17.9 Å². The minimum atomic E-state index is 0.0920. The van der Waals surface area contributed by atoms with E-state index in [9.17, 15) is 5.11 Å². The van der Waals surface area contributed by atoms with E-state index in [1.807, 2.05) is 6.07 Å². The fourth-order valence-corrected chi connectivity index (χ4v) is 1.45. The fourth-order valence-electron chi connectivity index (χ4n) is 1.45. The number of aromatic hydroxyl groups is 1. The van der Waals surface area contributed by atoms with Crippen LogP contribution in [0.5, 0.6) is 17.2 Å². The molecule has 86 valence electrons. The third-order valence-electron chi connectivity index (χ3n) is 2.20. The molecular formula is C14H8N2O2. The zero-order valence-corrected chi connectivity index (χ0v) is 9.29. The summed E-state index contributed by atoms with van der Waals surface area (Å²) in [5.74, 6) is 0.931. The average Bonchev–Trinajstić information content (AvgIpc) is 2.38. The summed E-state index contributed by atoms with van der Waals surface area (Å²) in [6.45, 7) is 6.95. The molecular weight excluding hydrogens is 228 g/mol. The molecule has 2 aromatic rings. The highest BCUT2D eigenvalue weighted by Crippen LogP contribution is 2.28. The van der Waals surface area contributed by atoms with Crippen LogP contribution in [0.1, 0.15) is 5.56 Å². The first-order chi connectivity index (χ1) is 8.71. The summed E-state index contributed by atoms with van der Waals surface area (Å²) >= 11 is 0. The number of rotatable bonds is 2. The first-order valence-electron chi connectivity index (χ1n) is 5.11. The van der Waals surface area contributed by atoms with E-state index in [0.717, 1.165) is 0 Å². The largest absolute Gasteiger partial charge is 0.508 e. The van der Waals surface area contributed by atoms with Crippen LogP contribution in [-0.4, -0.2) is 5.11 Å². The summed E-state index contributed by atoms with van der Waals surface area (Å²) in [6, 6.07) is 12.8. The number of nitrogens with zero attached hydrogens (tertiary/aromatic N) is 2. The van der Waals surface area contributed by atoms with Gasteiger partial charge in [-0.15, -0.1) is 0 Å². The second kappa shape index (κ2) is 4.90. The van der Waals surface area contributed by atoms with Gasteiger partial charge in [0.1, 0.15) is 17.2 Å². The molecule has 0 aliphatic rings. The van der Waals surface area contributed by atoms with Crippen molar-refractivity contribution in [1.82, 2.24) is 0 Å². The molecule has 0 saturated carbocycles. The molecule has 0 saturated heterocycles. The lowest BCUT2D eigenvalue weighted by atomic mass is 10.2. The molecule has 0 amide bonds. The predicted octanol–water partition coefficient (Wildman–Crippen LogP) is 3.61. The van der Waals surface area contributed by atoms with Crippen LogP contribution in [0.25, 0.3) is 4.85 Å². The van der Waals surface area contributed by atoms with Gasteiger partial charge in [-0.25, -0.2) is 4.85 Å². The van der Waals surface area contributed by atoms with E-state index < -0.39 is 0 Å². The Morgan fingerprint density at radius 3 is 2.67 bits per heavy atom. The van der Waals surface area contributed by atoms with E-state index in [4.69, 9.17) is 16.6 Å². The van der Waals surface area contributed by atoms with E-state index in [-0.39, 0.29) is 5.75 Å². The number of hydrogen-bond donors (Lipinski definition) is 1. The van der Waals surface area contributed by atoms with Crippen molar-refractivity contribution in [2.24, 2.45) is 0 Å². The van der Waals surface area contributed by atoms with Gasteiger partial charge in [0.2, 0.25) is 0 Å². The minimum absolute atomic E-state index is 0.0920. The van der Waals surface area contributed by atoms with Crippen LogP contribution < -0.4 is 4.74 Å². The summed E-state index contributed by atoms with van der Waals surface area (Å²) in [5.41, 5.74) is 0.697. The van der Waals surface area contributed by atoms with Crippen molar-refractivity contribution in [2.45, 2.75) is 0 Å². The van der Waals surface area contributed by atoms with Crippen molar-refractivity contribution in [3.8, 4) is 23.3 Å². The lowest BCUT2D eigenvalue weighted by Crippen LogP contribution is -1.85. The Balaban J connectivity index is 2.35. The summed E-state index contributed by atoms with van der Waals surface area (Å²) in [4.78, 5) is 3.27. The molecule has 0 atom stereocenters. The van der Waals surface area contributed by atoms with Crippen molar-refractivity contribution in [1.29, 1.82) is 5.26 Å². The maximum atomic E-state index is 9.31. The molecule has 0 fully saturated rings. The van der Waals surface area contributed by atoms with Crippen LogP contribution >= 0.6 is 0 Å². The standard InChI is InChI=1S/C14H8N2O2/c1-16-11-5-10(9-15)6-14(7-11)18-13-4-2-3-12(17)8-13/h2-8,17H. The Morgan fingerprint density at radius 2 is 2.00 bits per heavy atom. The molecule has 2 rings (SSSR count). The Hall–Kier alpha value is -2.98. The highest BCUT2D eigenvalue weighted by molar-refractivity contribution is 5.55. The van der Waals surface area contributed by atoms with Crippen LogP contribution in [0.15, 0.2) is 42.5 Å². The van der Waals surface area contributed by atoms with Gasteiger partial charge in [-0.05, 0) is 30.3 Å². The second-order valence-electron chi connectivity index (χ2n) is 3.54. The van der Waals surface area contributed by atoms with Gasteiger partial charge in [-0.2, -0.15) is 5.26 Å².